The first-order valence-electron chi connectivity index (χ1n) is 7.26. The van der Waals surface area contributed by atoms with Crippen LogP contribution in [-0.2, 0) is 4.74 Å². The maximum absolute atomic E-state index is 11.5. The van der Waals surface area contributed by atoms with Crippen LogP contribution >= 0.6 is 0 Å². The van der Waals surface area contributed by atoms with Crippen molar-refractivity contribution < 1.29 is 9.53 Å². The fourth-order valence-electron chi connectivity index (χ4n) is 1.85. The lowest BCUT2D eigenvalue weighted by molar-refractivity contribution is 0.0535. The lowest BCUT2D eigenvalue weighted by Gasteiger charge is -2.19. The number of carbonyl (C=O) groups is 1. The van der Waals surface area contributed by atoms with E-state index in [1.807, 2.05) is 39.0 Å². The number of alkyl carbamates (subject to hydrolysis) is 1. The normalized spacial score (nSPS) is 10.4. The number of nitrogens with zero attached hydrogens (tertiary/aromatic N) is 2. The second-order valence-electron chi connectivity index (χ2n) is 5.81. The number of carbonyl (C=O) groups excluding carboxylic acids is 1. The van der Waals surface area contributed by atoms with Gasteiger partial charge in [-0.1, -0.05) is 11.8 Å². The molecule has 118 valence electrons. The molecule has 0 atom stereocenters. The largest absolute Gasteiger partial charge is 0.444 e. The number of nitrogens with one attached hydrogen (secondary N) is 1. The Morgan fingerprint density at radius 2 is 1.87 bits per heavy atom. The fraction of sp³-hybridized carbons (Fsp3) is 0.278. The van der Waals surface area contributed by atoms with Gasteiger partial charge in [-0.25, -0.2) is 4.79 Å². The zero-order valence-corrected chi connectivity index (χ0v) is 13.5. The summed E-state index contributed by atoms with van der Waals surface area (Å²) < 4.78 is 5.15. The van der Waals surface area contributed by atoms with Crippen molar-refractivity contribution in [2.24, 2.45) is 0 Å². The van der Waals surface area contributed by atoms with Gasteiger partial charge in [0.1, 0.15) is 5.60 Å². The van der Waals surface area contributed by atoms with Crippen LogP contribution in [0.3, 0.4) is 0 Å². The summed E-state index contributed by atoms with van der Waals surface area (Å²) in [6, 6.07) is 5.74. The summed E-state index contributed by atoms with van der Waals surface area (Å²) in [4.78, 5) is 19.7. The van der Waals surface area contributed by atoms with Crippen LogP contribution in [0.2, 0.25) is 0 Å². The topological polar surface area (TPSA) is 64.1 Å². The highest BCUT2D eigenvalue weighted by atomic mass is 16.6. The van der Waals surface area contributed by atoms with Gasteiger partial charge in [0.25, 0.3) is 0 Å². The molecule has 5 heteroatoms. The minimum atomic E-state index is -0.518. The molecule has 0 unspecified atom stereocenters. The third-order valence-electron chi connectivity index (χ3n) is 2.76. The first-order chi connectivity index (χ1) is 11.0. The number of ether oxygens (including phenoxy) is 1. The Labute approximate surface area is 136 Å². The molecule has 5 nitrogen and oxygen atoms in total. The van der Waals surface area contributed by atoms with Crippen LogP contribution in [0.5, 0.6) is 0 Å². The molecule has 1 amide bonds. The van der Waals surface area contributed by atoms with Crippen LogP contribution < -0.4 is 5.32 Å². The minimum Gasteiger partial charge on any atom is -0.444 e. The van der Waals surface area contributed by atoms with Gasteiger partial charge in [0.2, 0.25) is 0 Å². The van der Waals surface area contributed by atoms with E-state index in [0.717, 1.165) is 16.7 Å². The molecule has 0 spiro atoms. The molecule has 0 saturated carbocycles. The van der Waals surface area contributed by atoms with E-state index in [4.69, 9.17) is 4.74 Å². The summed E-state index contributed by atoms with van der Waals surface area (Å²) in [6.07, 6.45) is 6.41. The number of hydrogen-bond acceptors (Lipinski definition) is 4. The lowest BCUT2D eigenvalue weighted by atomic mass is 10.0. The minimum absolute atomic E-state index is 0.208. The van der Waals surface area contributed by atoms with Crippen LogP contribution in [-0.4, -0.2) is 28.2 Å². The van der Waals surface area contributed by atoms with E-state index >= 15 is 0 Å². The second-order valence-corrected chi connectivity index (χ2v) is 5.81. The average molecular weight is 309 g/mol. The maximum Gasteiger partial charge on any atom is 0.408 e. The average Bonchev–Trinajstić information content (AvgIpc) is 2.51. The summed E-state index contributed by atoms with van der Waals surface area (Å²) in [5, 5.41) is 2.60. The quantitative estimate of drug-likeness (QED) is 0.866. The first kappa shape index (κ1) is 16.5. The zero-order chi connectivity index (χ0) is 16.7. The SMILES string of the molecule is CC(C)(C)OC(=O)NCC#Cc1cnccc1-c1ccncc1. The molecule has 0 aliphatic carbocycles. The Balaban J connectivity index is 2.04. The molecule has 23 heavy (non-hydrogen) atoms. The lowest BCUT2D eigenvalue weighted by Crippen LogP contribution is -2.32. The Bertz CT molecular complexity index is 725. The van der Waals surface area contributed by atoms with Crippen molar-refractivity contribution >= 4 is 6.09 Å². The molecule has 2 rings (SSSR count). The van der Waals surface area contributed by atoms with Crippen LogP contribution in [0.1, 0.15) is 26.3 Å². The van der Waals surface area contributed by atoms with Crippen molar-refractivity contribution in [3.63, 3.8) is 0 Å². The summed E-state index contributed by atoms with van der Waals surface area (Å²) in [5.74, 6) is 5.94. The van der Waals surface area contributed by atoms with Crippen molar-refractivity contribution in [2.45, 2.75) is 26.4 Å². The van der Waals surface area contributed by atoms with E-state index in [9.17, 15) is 4.79 Å². The number of hydrogen-bond donors (Lipinski definition) is 1. The smallest absolute Gasteiger partial charge is 0.408 e. The van der Waals surface area contributed by atoms with Gasteiger partial charge in [-0.15, -0.1) is 0 Å². The molecule has 0 aliphatic heterocycles. The third-order valence-corrected chi connectivity index (χ3v) is 2.76. The maximum atomic E-state index is 11.5. The molecule has 0 aliphatic rings. The summed E-state index contributed by atoms with van der Waals surface area (Å²) in [6.45, 7) is 5.65. The molecule has 0 bridgehead atoms. The predicted molar refractivity (Wildman–Crippen MR) is 88.6 cm³/mol. The highest BCUT2D eigenvalue weighted by molar-refractivity contribution is 5.70. The van der Waals surface area contributed by atoms with Gasteiger partial charge in [0.15, 0.2) is 0 Å². The van der Waals surface area contributed by atoms with E-state index < -0.39 is 11.7 Å². The van der Waals surface area contributed by atoms with Gasteiger partial charge in [-0.3, -0.25) is 9.97 Å². The van der Waals surface area contributed by atoms with Gasteiger partial charge >= 0.3 is 6.09 Å². The Morgan fingerprint density at radius 1 is 1.17 bits per heavy atom. The zero-order valence-electron chi connectivity index (χ0n) is 13.5. The van der Waals surface area contributed by atoms with Crippen LogP contribution in [0.25, 0.3) is 11.1 Å². The van der Waals surface area contributed by atoms with Gasteiger partial charge in [-0.2, -0.15) is 0 Å². The third kappa shape index (κ3) is 5.44. The van der Waals surface area contributed by atoms with Crippen molar-refractivity contribution in [2.75, 3.05) is 6.54 Å². The molecule has 2 aromatic rings. The monoisotopic (exact) mass is 309 g/mol. The predicted octanol–water partition coefficient (Wildman–Crippen LogP) is 3.02. The van der Waals surface area contributed by atoms with E-state index in [1.54, 1.807) is 24.8 Å². The fourth-order valence-corrected chi connectivity index (χ4v) is 1.85. The molecule has 2 aromatic heterocycles. The molecule has 0 saturated heterocycles. The second kappa shape index (κ2) is 7.41. The Morgan fingerprint density at radius 3 is 2.57 bits per heavy atom. The van der Waals surface area contributed by atoms with E-state index in [1.165, 1.54) is 0 Å². The molecular formula is C18H19N3O2. The summed E-state index contributed by atoms with van der Waals surface area (Å²) >= 11 is 0. The first-order valence-corrected chi connectivity index (χ1v) is 7.26. The van der Waals surface area contributed by atoms with Crippen molar-refractivity contribution in [1.82, 2.24) is 15.3 Å². The number of amides is 1. The summed E-state index contributed by atoms with van der Waals surface area (Å²) in [7, 11) is 0. The molecule has 0 radical (unpaired) electrons. The Hall–Kier alpha value is -2.87. The van der Waals surface area contributed by atoms with Gasteiger partial charge in [0, 0.05) is 30.4 Å². The van der Waals surface area contributed by atoms with Gasteiger partial charge in [-0.05, 0) is 44.5 Å². The van der Waals surface area contributed by atoms with Crippen molar-refractivity contribution in [3.05, 3.63) is 48.5 Å². The van der Waals surface area contributed by atoms with Crippen LogP contribution in [0.4, 0.5) is 4.79 Å². The number of pyridine rings is 2. The number of aromatic nitrogens is 2. The van der Waals surface area contributed by atoms with Crippen molar-refractivity contribution in [1.29, 1.82) is 0 Å². The van der Waals surface area contributed by atoms with E-state index in [0.29, 0.717) is 0 Å². The van der Waals surface area contributed by atoms with Crippen molar-refractivity contribution in [3.8, 4) is 23.0 Å². The molecular weight excluding hydrogens is 290 g/mol. The van der Waals surface area contributed by atoms with Gasteiger partial charge < -0.3 is 10.1 Å². The summed E-state index contributed by atoms with van der Waals surface area (Å²) in [5.41, 5.74) is 2.28. The van der Waals surface area contributed by atoms with E-state index in [-0.39, 0.29) is 6.54 Å². The molecule has 0 aromatic carbocycles. The highest BCUT2D eigenvalue weighted by Gasteiger charge is 2.15. The highest BCUT2D eigenvalue weighted by Crippen LogP contribution is 2.21. The standard InChI is InChI=1S/C18H19N3O2/c1-18(2,3)23-17(22)21-9-4-5-15-13-20-12-8-16(15)14-6-10-19-11-7-14/h6-8,10-13H,9H2,1-3H3,(H,21,22). The number of rotatable bonds is 2. The van der Waals surface area contributed by atoms with Gasteiger partial charge in [0.05, 0.1) is 12.1 Å². The Kier molecular flexibility index (Phi) is 5.32. The van der Waals surface area contributed by atoms with Crippen LogP contribution in [0.15, 0.2) is 43.0 Å². The molecule has 0 fully saturated rings. The van der Waals surface area contributed by atoms with Crippen LogP contribution in [0, 0.1) is 11.8 Å². The molecule has 2 heterocycles. The molecule has 1 N–H and O–H groups in total. The van der Waals surface area contributed by atoms with E-state index in [2.05, 4.69) is 27.1 Å².